The Morgan fingerprint density at radius 3 is 2.93 bits per heavy atom. The molecule has 0 aliphatic carbocycles. The van der Waals surface area contributed by atoms with E-state index in [-0.39, 0.29) is 12.5 Å². The lowest BCUT2D eigenvalue weighted by atomic mass is 10.5. The summed E-state index contributed by atoms with van der Waals surface area (Å²) in [5.41, 5.74) is 5.20. The van der Waals surface area contributed by atoms with Crippen LogP contribution in [0.2, 0.25) is 0 Å². The van der Waals surface area contributed by atoms with Gasteiger partial charge in [-0.25, -0.2) is 9.97 Å². The third-order valence-electron chi connectivity index (χ3n) is 1.38. The molecule has 1 aromatic rings. The Labute approximate surface area is 95.4 Å². The summed E-state index contributed by atoms with van der Waals surface area (Å²) in [7, 11) is 0. The smallest absolute Gasteiger partial charge is 0.251 e. The summed E-state index contributed by atoms with van der Waals surface area (Å²) < 4.78 is 5.56. The maximum absolute atomic E-state index is 11.2. The lowest BCUT2D eigenvalue weighted by molar-refractivity contribution is -0.120. The van der Waals surface area contributed by atoms with Gasteiger partial charge >= 0.3 is 0 Å². The van der Waals surface area contributed by atoms with Crippen molar-refractivity contribution in [2.75, 3.05) is 25.1 Å². The fraction of sp³-hybridized carbons (Fsp3) is 0.375. The molecule has 0 unspecified atom stereocenters. The number of carbonyl (C=O) groups excluding carboxylic acids is 1. The van der Waals surface area contributed by atoms with Crippen molar-refractivity contribution >= 4 is 27.7 Å². The van der Waals surface area contributed by atoms with Crippen molar-refractivity contribution in [1.82, 2.24) is 9.97 Å². The highest BCUT2D eigenvalue weighted by atomic mass is 79.9. The highest BCUT2D eigenvalue weighted by Gasteiger charge is 2.03. The van der Waals surface area contributed by atoms with E-state index in [1.165, 1.54) is 12.4 Å². The topological polar surface area (TPSA) is 90.1 Å². The predicted molar refractivity (Wildman–Crippen MR) is 58.2 cm³/mol. The summed E-state index contributed by atoms with van der Waals surface area (Å²) in [6.45, 7) is 0.722. The quantitative estimate of drug-likeness (QED) is 0.747. The number of nitrogens with zero attached hydrogens (tertiary/aromatic N) is 2. The number of ether oxygens (including phenoxy) is 1. The molecule has 0 saturated carbocycles. The molecule has 15 heavy (non-hydrogen) atoms. The molecule has 3 N–H and O–H groups in total. The maximum atomic E-state index is 11.2. The van der Waals surface area contributed by atoms with Crippen molar-refractivity contribution < 1.29 is 9.53 Å². The summed E-state index contributed by atoms with van der Waals surface area (Å²) in [6.07, 6.45) is 2.95. The van der Waals surface area contributed by atoms with Gasteiger partial charge < -0.3 is 15.8 Å². The lowest BCUT2D eigenvalue weighted by Crippen LogP contribution is -2.21. The SMILES string of the molecule is NCCOCC(=O)Nc1cnc(Br)cn1. The summed E-state index contributed by atoms with van der Waals surface area (Å²) in [6, 6.07) is 0. The minimum Gasteiger partial charge on any atom is -0.370 e. The molecule has 0 fully saturated rings. The highest BCUT2D eigenvalue weighted by Crippen LogP contribution is 2.05. The Morgan fingerprint density at radius 2 is 2.33 bits per heavy atom. The third-order valence-corrected chi connectivity index (χ3v) is 1.79. The van der Waals surface area contributed by atoms with Crippen LogP contribution in [-0.2, 0) is 9.53 Å². The van der Waals surface area contributed by atoms with Gasteiger partial charge in [-0.2, -0.15) is 0 Å². The van der Waals surface area contributed by atoms with E-state index < -0.39 is 0 Å². The van der Waals surface area contributed by atoms with Crippen LogP contribution in [0.4, 0.5) is 5.82 Å². The van der Waals surface area contributed by atoms with Crippen LogP contribution in [0.3, 0.4) is 0 Å². The van der Waals surface area contributed by atoms with Crippen LogP contribution in [-0.4, -0.2) is 35.6 Å². The van der Waals surface area contributed by atoms with Gasteiger partial charge in [-0.3, -0.25) is 4.79 Å². The van der Waals surface area contributed by atoms with Gasteiger partial charge in [0.2, 0.25) is 0 Å². The summed E-state index contributed by atoms with van der Waals surface area (Å²) >= 11 is 3.14. The van der Waals surface area contributed by atoms with Crippen LogP contribution >= 0.6 is 15.9 Å². The van der Waals surface area contributed by atoms with Gasteiger partial charge in [0, 0.05) is 6.54 Å². The lowest BCUT2D eigenvalue weighted by Gasteiger charge is -2.04. The molecule has 0 aromatic carbocycles. The van der Waals surface area contributed by atoms with Crippen molar-refractivity contribution in [3.05, 3.63) is 17.0 Å². The Morgan fingerprint density at radius 1 is 1.53 bits per heavy atom. The van der Waals surface area contributed by atoms with Gasteiger partial charge in [-0.05, 0) is 15.9 Å². The van der Waals surface area contributed by atoms with E-state index in [4.69, 9.17) is 10.5 Å². The van der Waals surface area contributed by atoms with Crippen LogP contribution in [0.1, 0.15) is 0 Å². The van der Waals surface area contributed by atoms with Crippen molar-refractivity contribution in [3.63, 3.8) is 0 Å². The van der Waals surface area contributed by atoms with E-state index in [0.717, 1.165) is 0 Å². The molecule has 82 valence electrons. The minimum absolute atomic E-state index is 0.0328. The largest absolute Gasteiger partial charge is 0.370 e. The van der Waals surface area contributed by atoms with Crippen LogP contribution in [0, 0.1) is 0 Å². The average molecular weight is 275 g/mol. The number of halogens is 1. The average Bonchev–Trinajstić information content (AvgIpc) is 2.22. The van der Waals surface area contributed by atoms with E-state index >= 15 is 0 Å². The molecular formula is C8H11BrN4O2. The first kappa shape index (κ1) is 12.0. The van der Waals surface area contributed by atoms with Crippen molar-refractivity contribution in [3.8, 4) is 0 Å². The number of rotatable bonds is 5. The number of aromatic nitrogens is 2. The van der Waals surface area contributed by atoms with E-state index in [0.29, 0.717) is 23.6 Å². The molecule has 0 saturated heterocycles. The Bertz CT molecular complexity index is 317. The summed E-state index contributed by atoms with van der Waals surface area (Å²) in [5.74, 6) is 0.111. The Kier molecular flexibility index (Phi) is 5.16. The molecule has 6 nitrogen and oxygen atoms in total. The number of anilines is 1. The fourth-order valence-electron chi connectivity index (χ4n) is 0.804. The number of hydrogen-bond donors (Lipinski definition) is 2. The zero-order valence-corrected chi connectivity index (χ0v) is 9.53. The van der Waals surface area contributed by atoms with E-state index in [1.54, 1.807) is 0 Å². The van der Waals surface area contributed by atoms with Gasteiger partial charge in [0.05, 0.1) is 19.0 Å². The molecule has 0 bridgehead atoms. The fourth-order valence-corrected chi connectivity index (χ4v) is 1.01. The second-order valence-electron chi connectivity index (χ2n) is 2.61. The minimum atomic E-state index is -0.278. The van der Waals surface area contributed by atoms with Gasteiger partial charge in [0.15, 0.2) is 5.82 Å². The van der Waals surface area contributed by atoms with Crippen LogP contribution in [0.25, 0.3) is 0 Å². The highest BCUT2D eigenvalue weighted by molar-refractivity contribution is 9.10. The van der Waals surface area contributed by atoms with Crippen LogP contribution < -0.4 is 11.1 Å². The Hall–Kier alpha value is -1.05. The third kappa shape index (κ3) is 4.82. The second-order valence-corrected chi connectivity index (χ2v) is 3.43. The number of hydrogen-bond acceptors (Lipinski definition) is 5. The first-order valence-electron chi connectivity index (χ1n) is 4.27. The molecule has 1 heterocycles. The second kappa shape index (κ2) is 6.44. The molecule has 1 aromatic heterocycles. The molecule has 0 atom stereocenters. The maximum Gasteiger partial charge on any atom is 0.251 e. The molecule has 1 rings (SSSR count). The normalized spacial score (nSPS) is 10.0. The number of carbonyl (C=O) groups is 1. The molecular weight excluding hydrogens is 264 g/mol. The summed E-state index contributed by atoms with van der Waals surface area (Å²) in [5, 5.41) is 2.53. The number of nitrogens with one attached hydrogen (secondary N) is 1. The van der Waals surface area contributed by atoms with Crippen molar-refractivity contribution in [1.29, 1.82) is 0 Å². The van der Waals surface area contributed by atoms with Crippen LogP contribution in [0.5, 0.6) is 0 Å². The zero-order valence-electron chi connectivity index (χ0n) is 7.94. The van der Waals surface area contributed by atoms with Crippen LogP contribution in [0.15, 0.2) is 17.0 Å². The summed E-state index contributed by atoms with van der Waals surface area (Å²) in [4.78, 5) is 19.0. The number of amides is 1. The molecule has 0 aliphatic rings. The van der Waals surface area contributed by atoms with E-state index in [9.17, 15) is 4.79 Å². The van der Waals surface area contributed by atoms with Gasteiger partial charge in [-0.15, -0.1) is 0 Å². The standard InChI is InChI=1S/C8H11BrN4O2/c9-6-3-12-7(4-11-6)13-8(14)5-15-2-1-10/h3-4H,1-2,5,10H2,(H,12,13,14). The number of nitrogens with two attached hydrogens (primary N) is 1. The van der Waals surface area contributed by atoms with Gasteiger partial charge in [-0.1, -0.05) is 0 Å². The molecule has 0 aliphatic heterocycles. The van der Waals surface area contributed by atoms with Crippen molar-refractivity contribution in [2.24, 2.45) is 5.73 Å². The molecule has 0 spiro atoms. The predicted octanol–water partition coefficient (Wildman–Crippen LogP) is 0.153. The Balaban J connectivity index is 2.34. The monoisotopic (exact) mass is 274 g/mol. The zero-order chi connectivity index (χ0) is 11.1. The first-order valence-corrected chi connectivity index (χ1v) is 5.07. The van der Waals surface area contributed by atoms with Crippen molar-refractivity contribution in [2.45, 2.75) is 0 Å². The van der Waals surface area contributed by atoms with E-state index in [1.807, 2.05) is 0 Å². The molecule has 7 heteroatoms. The van der Waals surface area contributed by atoms with Gasteiger partial charge in [0.25, 0.3) is 5.91 Å². The van der Waals surface area contributed by atoms with Gasteiger partial charge in [0.1, 0.15) is 11.2 Å². The van der Waals surface area contributed by atoms with E-state index in [2.05, 4.69) is 31.2 Å². The molecule has 0 radical (unpaired) electrons. The first-order chi connectivity index (χ1) is 7.22. The molecule has 1 amide bonds.